The van der Waals surface area contributed by atoms with Crippen LogP contribution in [0.15, 0.2) is 43.0 Å². The monoisotopic (exact) mass is 364 g/mol. The molecule has 3 heterocycles. The van der Waals surface area contributed by atoms with Crippen molar-refractivity contribution in [3.8, 4) is 21.1 Å². The average molecular weight is 364 g/mol. The predicted molar refractivity (Wildman–Crippen MR) is 104 cm³/mol. The van der Waals surface area contributed by atoms with Crippen LogP contribution in [0.25, 0.3) is 26.7 Å². The van der Waals surface area contributed by atoms with E-state index in [9.17, 15) is 0 Å². The first-order chi connectivity index (χ1) is 12.8. The van der Waals surface area contributed by atoms with Gasteiger partial charge in [-0.1, -0.05) is 6.08 Å². The van der Waals surface area contributed by atoms with Crippen molar-refractivity contribution in [3.05, 3.63) is 54.4 Å². The highest BCUT2D eigenvalue weighted by Gasteiger charge is 2.18. The van der Waals surface area contributed by atoms with E-state index in [0.29, 0.717) is 0 Å². The zero-order valence-corrected chi connectivity index (χ0v) is 15.5. The van der Waals surface area contributed by atoms with Gasteiger partial charge in [0.1, 0.15) is 10.7 Å². The molecule has 1 aliphatic rings. The molecule has 0 saturated heterocycles. The lowest BCUT2D eigenvalue weighted by atomic mass is 9.94. The number of nitrogens with zero attached hydrogens (tertiary/aromatic N) is 4. The Labute approximate surface area is 156 Å². The number of pyridine rings is 1. The van der Waals surface area contributed by atoms with Crippen molar-refractivity contribution < 1.29 is 4.74 Å². The third-order valence-corrected chi connectivity index (χ3v) is 5.46. The van der Waals surface area contributed by atoms with Gasteiger partial charge in [-0.2, -0.15) is 0 Å². The number of thiazole rings is 1. The van der Waals surface area contributed by atoms with Crippen LogP contribution < -0.4 is 0 Å². The summed E-state index contributed by atoms with van der Waals surface area (Å²) < 4.78 is 5.17. The van der Waals surface area contributed by atoms with E-state index >= 15 is 0 Å². The minimum atomic E-state index is 0.731. The second-order valence-electron chi connectivity index (χ2n) is 6.19. The maximum absolute atomic E-state index is 5.17. The zero-order valence-electron chi connectivity index (χ0n) is 14.7. The SMILES string of the molecule is COCC/C=C1\CCCc2ncc(-c3cnc(-c4cccnc4)s3)nc21. The fourth-order valence-electron chi connectivity index (χ4n) is 3.10. The molecule has 0 saturated carbocycles. The summed E-state index contributed by atoms with van der Waals surface area (Å²) in [6.45, 7) is 0.731. The molecular formula is C20H20N4OS. The van der Waals surface area contributed by atoms with E-state index < -0.39 is 0 Å². The Morgan fingerprint density at radius 3 is 3.00 bits per heavy atom. The molecule has 6 heteroatoms. The van der Waals surface area contributed by atoms with Crippen LogP contribution in [0.4, 0.5) is 0 Å². The second-order valence-corrected chi connectivity index (χ2v) is 7.22. The molecule has 4 rings (SSSR count). The van der Waals surface area contributed by atoms with Crippen molar-refractivity contribution in [1.82, 2.24) is 19.9 Å². The van der Waals surface area contributed by atoms with E-state index in [1.165, 1.54) is 5.57 Å². The number of ether oxygens (including phenoxy) is 1. The fraction of sp³-hybridized carbons (Fsp3) is 0.300. The summed E-state index contributed by atoms with van der Waals surface area (Å²) in [6, 6.07) is 3.94. The zero-order chi connectivity index (χ0) is 17.8. The van der Waals surface area contributed by atoms with Gasteiger partial charge in [0.15, 0.2) is 0 Å². The van der Waals surface area contributed by atoms with Crippen molar-refractivity contribution in [1.29, 1.82) is 0 Å². The van der Waals surface area contributed by atoms with Crippen molar-refractivity contribution >= 4 is 16.9 Å². The summed E-state index contributed by atoms with van der Waals surface area (Å²) in [4.78, 5) is 19.4. The molecule has 0 unspecified atom stereocenters. The molecule has 0 N–H and O–H groups in total. The van der Waals surface area contributed by atoms with Crippen LogP contribution in [-0.4, -0.2) is 33.7 Å². The van der Waals surface area contributed by atoms with Crippen LogP contribution in [0.1, 0.15) is 30.7 Å². The molecule has 26 heavy (non-hydrogen) atoms. The number of hydrogen-bond acceptors (Lipinski definition) is 6. The lowest BCUT2D eigenvalue weighted by molar-refractivity contribution is 0.204. The molecule has 132 valence electrons. The van der Waals surface area contributed by atoms with E-state index in [2.05, 4.69) is 21.0 Å². The van der Waals surface area contributed by atoms with E-state index in [0.717, 1.165) is 64.8 Å². The van der Waals surface area contributed by atoms with E-state index in [-0.39, 0.29) is 0 Å². The summed E-state index contributed by atoms with van der Waals surface area (Å²) in [6.07, 6.45) is 13.7. The van der Waals surface area contributed by atoms with Crippen molar-refractivity contribution in [2.75, 3.05) is 13.7 Å². The van der Waals surface area contributed by atoms with Crippen LogP contribution in [0, 0.1) is 0 Å². The summed E-state index contributed by atoms with van der Waals surface area (Å²) in [5.74, 6) is 0. The number of allylic oxidation sites excluding steroid dienone is 1. The van der Waals surface area contributed by atoms with Gasteiger partial charge in [0.25, 0.3) is 0 Å². The molecule has 0 bridgehead atoms. The third kappa shape index (κ3) is 3.57. The molecular weight excluding hydrogens is 344 g/mol. The molecule has 0 aromatic carbocycles. The molecule has 0 spiro atoms. The Morgan fingerprint density at radius 2 is 2.15 bits per heavy atom. The third-order valence-electron chi connectivity index (χ3n) is 4.39. The van der Waals surface area contributed by atoms with Crippen LogP contribution >= 0.6 is 11.3 Å². The first kappa shape index (κ1) is 17.0. The standard InChI is InChI=1S/C20H20N4OS/c1-25-10-4-7-14-5-2-8-16-19(14)24-17(12-22-16)18-13-23-20(26-18)15-6-3-9-21-11-15/h3,6-7,9,11-13H,2,4-5,8,10H2,1H3/b14-7+. The Morgan fingerprint density at radius 1 is 1.19 bits per heavy atom. The highest BCUT2D eigenvalue weighted by Crippen LogP contribution is 2.34. The van der Waals surface area contributed by atoms with Crippen LogP contribution in [0.5, 0.6) is 0 Å². The molecule has 0 amide bonds. The largest absolute Gasteiger partial charge is 0.384 e. The normalized spacial score (nSPS) is 15.2. The smallest absolute Gasteiger partial charge is 0.125 e. The molecule has 3 aromatic heterocycles. The first-order valence-electron chi connectivity index (χ1n) is 8.76. The van der Waals surface area contributed by atoms with Crippen LogP contribution in [0.3, 0.4) is 0 Å². The van der Waals surface area contributed by atoms with E-state index in [4.69, 9.17) is 9.72 Å². The van der Waals surface area contributed by atoms with Gasteiger partial charge in [0.2, 0.25) is 0 Å². The maximum Gasteiger partial charge on any atom is 0.125 e. The summed E-state index contributed by atoms with van der Waals surface area (Å²) in [7, 11) is 1.73. The Hall–Kier alpha value is -2.44. The minimum Gasteiger partial charge on any atom is -0.384 e. The van der Waals surface area contributed by atoms with Gasteiger partial charge in [0.05, 0.1) is 22.5 Å². The van der Waals surface area contributed by atoms with Crippen molar-refractivity contribution in [3.63, 3.8) is 0 Å². The van der Waals surface area contributed by atoms with Crippen LogP contribution in [0.2, 0.25) is 0 Å². The van der Waals surface area contributed by atoms with Crippen molar-refractivity contribution in [2.24, 2.45) is 0 Å². The molecule has 0 atom stereocenters. The summed E-state index contributed by atoms with van der Waals surface area (Å²) in [5, 5.41) is 0.948. The highest BCUT2D eigenvalue weighted by atomic mass is 32.1. The number of methoxy groups -OCH3 is 1. The molecule has 0 fully saturated rings. The summed E-state index contributed by atoms with van der Waals surface area (Å²) in [5.41, 5.74) is 5.34. The maximum atomic E-state index is 5.17. The quantitative estimate of drug-likeness (QED) is 0.627. The number of rotatable bonds is 5. The Bertz CT molecular complexity index is 921. The molecule has 3 aromatic rings. The lowest BCUT2D eigenvalue weighted by Gasteiger charge is -2.17. The van der Waals surface area contributed by atoms with Crippen LogP contribution in [-0.2, 0) is 11.2 Å². The first-order valence-corrected chi connectivity index (χ1v) is 9.57. The average Bonchev–Trinajstić information content (AvgIpc) is 3.19. The number of aryl methyl sites for hydroxylation is 1. The van der Waals surface area contributed by atoms with Gasteiger partial charge in [0, 0.05) is 37.9 Å². The van der Waals surface area contributed by atoms with Gasteiger partial charge in [-0.25, -0.2) is 9.97 Å². The number of fused-ring (bicyclic) bond motifs is 1. The van der Waals surface area contributed by atoms with E-state index in [1.807, 2.05) is 30.7 Å². The van der Waals surface area contributed by atoms with E-state index in [1.54, 1.807) is 24.6 Å². The highest BCUT2D eigenvalue weighted by molar-refractivity contribution is 7.18. The second kappa shape index (κ2) is 7.85. The number of hydrogen-bond donors (Lipinski definition) is 0. The fourth-order valence-corrected chi connectivity index (χ4v) is 3.96. The minimum absolute atomic E-state index is 0.731. The summed E-state index contributed by atoms with van der Waals surface area (Å²) >= 11 is 1.62. The lowest BCUT2D eigenvalue weighted by Crippen LogP contribution is -2.08. The van der Waals surface area contributed by atoms with Gasteiger partial charge in [-0.05, 0) is 43.4 Å². The molecule has 5 nitrogen and oxygen atoms in total. The Kier molecular flexibility index (Phi) is 5.13. The topological polar surface area (TPSA) is 60.8 Å². The molecule has 1 aliphatic carbocycles. The van der Waals surface area contributed by atoms with Gasteiger partial charge < -0.3 is 4.74 Å². The van der Waals surface area contributed by atoms with Gasteiger partial charge in [-0.3, -0.25) is 9.97 Å². The molecule has 0 radical (unpaired) electrons. The van der Waals surface area contributed by atoms with Crippen molar-refractivity contribution in [2.45, 2.75) is 25.7 Å². The Balaban J connectivity index is 1.66. The van der Waals surface area contributed by atoms with Gasteiger partial charge in [-0.15, -0.1) is 11.3 Å². The number of aromatic nitrogens is 4. The predicted octanol–water partition coefficient (Wildman–Crippen LogP) is 4.42. The molecule has 0 aliphatic heterocycles. The van der Waals surface area contributed by atoms with Gasteiger partial charge >= 0.3 is 0 Å².